The van der Waals surface area contributed by atoms with E-state index < -0.39 is 11.7 Å². The smallest absolute Gasteiger partial charge is 0.314 e. The van der Waals surface area contributed by atoms with Crippen molar-refractivity contribution in [3.8, 4) is 0 Å². The Morgan fingerprint density at radius 1 is 1.05 bits per heavy atom. The van der Waals surface area contributed by atoms with Crippen LogP contribution in [0, 0.1) is 5.41 Å². The fraction of sp³-hybridized carbons (Fsp3) is 0.625. The Bertz CT molecular complexity index is 471. The number of alkyl halides is 3. The minimum atomic E-state index is -4.31. The van der Waals surface area contributed by atoms with E-state index in [1.807, 2.05) is 20.8 Å². The predicted octanol–water partition coefficient (Wildman–Crippen LogP) is 3.70. The molecule has 0 aliphatic carbocycles. The van der Waals surface area contributed by atoms with Crippen molar-refractivity contribution in [3.63, 3.8) is 0 Å². The largest absolute Gasteiger partial charge is 0.416 e. The highest BCUT2D eigenvalue weighted by molar-refractivity contribution is 5.33. The van der Waals surface area contributed by atoms with Gasteiger partial charge in [-0.05, 0) is 17.0 Å². The molecule has 1 fully saturated rings. The summed E-state index contributed by atoms with van der Waals surface area (Å²) in [4.78, 5) is 2.17. The van der Waals surface area contributed by atoms with Crippen LogP contribution in [-0.2, 0) is 6.18 Å². The summed E-state index contributed by atoms with van der Waals surface area (Å²) in [5.74, 6) is 0. The Kier molecular flexibility index (Phi) is 4.63. The van der Waals surface area contributed by atoms with Gasteiger partial charge in [0.05, 0.1) is 5.56 Å². The van der Waals surface area contributed by atoms with Gasteiger partial charge in [-0.3, -0.25) is 4.90 Å². The summed E-state index contributed by atoms with van der Waals surface area (Å²) in [6.45, 7) is 9.20. The Balaban J connectivity index is 2.47. The van der Waals surface area contributed by atoms with E-state index >= 15 is 0 Å². The molecular weight excluding hydrogens is 277 g/mol. The molecule has 1 saturated heterocycles. The molecular formula is C16H23F3N2. The predicted molar refractivity (Wildman–Crippen MR) is 78.1 cm³/mol. The molecule has 0 spiro atoms. The number of hydrogen-bond acceptors (Lipinski definition) is 2. The quantitative estimate of drug-likeness (QED) is 0.896. The fourth-order valence-electron chi connectivity index (χ4n) is 3.14. The molecule has 0 aromatic heterocycles. The van der Waals surface area contributed by atoms with Crippen LogP contribution in [0.3, 0.4) is 0 Å². The summed E-state index contributed by atoms with van der Waals surface area (Å²) in [6, 6.07) is 5.74. The van der Waals surface area contributed by atoms with Crippen LogP contribution in [0.4, 0.5) is 13.2 Å². The van der Waals surface area contributed by atoms with Gasteiger partial charge in [-0.1, -0.05) is 39.0 Å². The molecule has 1 heterocycles. The molecule has 0 amide bonds. The summed E-state index contributed by atoms with van der Waals surface area (Å²) >= 11 is 0. The third kappa shape index (κ3) is 3.77. The van der Waals surface area contributed by atoms with E-state index in [0.29, 0.717) is 5.56 Å². The summed E-state index contributed by atoms with van der Waals surface area (Å²) in [5, 5.41) is 3.25. The van der Waals surface area contributed by atoms with Crippen molar-refractivity contribution in [2.75, 3.05) is 26.2 Å². The third-order valence-electron chi connectivity index (χ3n) is 3.90. The van der Waals surface area contributed by atoms with Crippen LogP contribution < -0.4 is 5.32 Å². The first-order valence-electron chi connectivity index (χ1n) is 7.32. The second-order valence-corrected chi connectivity index (χ2v) is 6.64. The first-order chi connectivity index (χ1) is 9.71. The van der Waals surface area contributed by atoms with E-state index in [-0.39, 0.29) is 11.5 Å². The maximum atomic E-state index is 13.3. The second-order valence-electron chi connectivity index (χ2n) is 6.64. The molecule has 0 radical (unpaired) electrons. The lowest BCUT2D eigenvalue weighted by Crippen LogP contribution is -2.48. The number of halogens is 3. The van der Waals surface area contributed by atoms with E-state index in [1.165, 1.54) is 12.1 Å². The maximum Gasteiger partial charge on any atom is 0.416 e. The Hall–Kier alpha value is -1.07. The second kappa shape index (κ2) is 5.97. The SMILES string of the molecule is CC(C)(C)[C@H](c1ccccc1C(F)(F)F)N1CCNCC1. The minimum absolute atomic E-state index is 0.238. The molecule has 1 aromatic rings. The zero-order valence-corrected chi connectivity index (χ0v) is 12.8. The standard InChI is InChI=1S/C16H23F3N2/c1-15(2,3)14(21-10-8-20-9-11-21)12-6-4-5-7-13(12)16(17,18)19/h4-7,14,20H,8-11H2,1-3H3/t14-/m0/s1. The van der Waals surface area contributed by atoms with Gasteiger partial charge in [-0.2, -0.15) is 13.2 Å². The fourth-order valence-corrected chi connectivity index (χ4v) is 3.14. The Morgan fingerprint density at radius 3 is 2.14 bits per heavy atom. The highest BCUT2D eigenvalue weighted by Gasteiger charge is 2.40. The van der Waals surface area contributed by atoms with Gasteiger partial charge in [0.25, 0.3) is 0 Å². The van der Waals surface area contributed by atoms with Crippen LogP contribution in [0.1, 0.15) is 37.9 Å². The van der Waals surface area contributed by atoms with Gasteiger partial charge in [0.2, 0.25) is 0 Å². The highest BCUT2D eigenvalue weighted by atomic mass is 19.4. The van der Waals surface area contributed by atoms with E-state index in [9.17, 15) is 13.2 Å². The molecule has 1 aromatic carbocycles. The number of rotatable bonds is 2. The van der Waals surface area contributed by atoms with Crippen LogP contribution in [0.2, 0.25) is 0 Å². The lowest BCUT2D eigenvalue weighted by Gasteiger charge is -2.43. The Morgan fingerprint density at radius 2 is 1.62 bits per heavy atom. The van der Waals surface area contributed by atoms with Crippen LogP contribution in [0.15, 0.2) is 24.3 Å². The van der Waals surface area contributed by atoms with Gasteiger partial charge in [-0.15, -0.1) is 0 Å². The number of benzene rings is 1. The number of nitrogens with zero attached hydrogens (tertiary/aromatic N) is 1. The molecule has 5 heteroatoms. The van der Waals surface area contributed by atoms with Gasteiger partial charge in [-0.25, -0.2) is 0 Å². The maximum absolute atomic E-state index is 13.3. The van der Waals surface area contributed by atoms with Gasteiger partial charge in [0.1, 0.15) is 0 Å². The summed E-state index contributed by atoms with van der Waals surface area (Å²) < 4.78 is 40.0. The molecule has 118 valence electrons. The topological polar surface area (TPSA) is 15.3 Å². The van der Waals surface area contributed by atoms with Gasteiger partial charge < -0.3 is 5.32 Å². The van der Waals surface area contributed by atoms with E-state index in [4.69, 9.17) is 0 Å². The van der Waals surface area contributed by atoms with Crippen molar-refractivity contribution in [3.05, 3.63) is 35.4 Å². The van der Waals surface area contributed by atoms with Crippen molar-refractivity contribution in [2.45, 2.75) is 33.0 Å². The van der Waals surface area contributed by atoms with Gasteiger partial charge in [0.15, 0.2) is 0 Å². The monoisotopic (exact) mass is 300 g/mol. The van der Waals surface area contributed by atoms with Crippen LogP contribution >= 0.6 is 0 Å². The number of nitrogens with one attached hydrogen (secondary N) is 1. The molecule has 2 nitrogen and oxygen atoms in total. The lowest BCUT2D eigenvalue weighted by atomic mass is 9.79. The molecule has 0 unspecified atom stereocenters. The van der Waals surface area contributed by atoms with E-state index in [0.717, 1.165) is 26.2 Å². The summed E-state index contributed by atoms with van der Waals surface area (Å²) in [7, 11) is 0. The first kappa shape index (κ1) is 16.3. The molecule has 1 atom stereocenters. The summed E-state index contributed by atoms with van der Waals surface area (Å²) in [6.07, 6.45) is -4.31. The molecule has 2 rings (SSSR count). The van der Waals surface area contributed by atoms with Crippen LogP contribution in [0.25, 0.3) is 0 Å². The number of hydrogen-bond donors (Lipinski definition) is 1. The third-order valence-corrected chi connectivity index (χ3v) is 3.90. The number of piperazine rings is 1. The van der Waals surface area contributed by atoms with Crippen molar-refractivity contribution in [1.29, 1.82) is 0 Å². The van der Waals surface area contributed by atoms with Gasteiger partial charge in [0, 0.05) is 32.2 Å². The first-order valence-corrected chi connectivity index (χ1v) is 7.32. The lowest BCUT2D eigenvalue weighted by molar-refractivity contribution is -0.139. The van der Waals surface area contributed by atoms with Gasteiger partial charge >= 0.3 is 6.18 Å². The minimum Gasteiger partial charge on any atom is -0.314 e. The molecule has 1 aliphatic heterocycles. The normalized spacial score (nSPS) is 19.5. The zero-order valence-electron chi connectivity index (χ0n) is 12.8. The average molecular weight is 300 g/mol. The van der Waals surface area contributed by atoms with E-state index in [1.54, 1.807) is 12.1 Å². The molecule has 0 saturated carbocycles. The Labute approximate surface area is 124 Å². The van der Waals surface area contributed by atoms with Crippen molar-refractivity contribution < 1.29 is 13.2 Å². The molecule has 21 heavy (non-hydrogen) atoms. The van der Waals surface area contributed by atoms with E-state index in [2.05, 4.69) is 10.2 Å². The highest BCUT2D eigenvalue weighted by Crippen LogP contribution is 2.43. The van der Waals surface area contributed by atoms with Crippen LogP contribution in [-0.4, -0.2) is 31.1 Å². The van der Waals surface area contributed by atoms with Crippen molar-refractivity contribution in [1.82, 2.24) is 10.2 Å². The van der Waals surface area contributed by atoms with Crippen molar-refractivity contribution >= 4 is 0 Å². The molecule has 0 bridgehead atoms. The van der Waals surface area contributed by atoms with Crippen LogP contribution in [0.5, 0.6) is 0 Å². The van der Waals surface area contributed by atoms with Crippen molar-refractivity contribution in [2.24, 2.45) is 5.41 Å². The molecule has 1 N–H and O–H groups in total. The average Bonchev–Trinajstić information content (AvgIpc) is 2.38. The zero-order chi connectivity index (χ0) is 15.7. The summed E-state index contributed by atoms with van der Waals surface area (Å²) in [5.41, 5.74) is -0.388. The molecule has 1 aliphatic rings.